The van der Waals surface area contributed by atoms with Crippen molar-refractivity contribution in [2.24, 2.45) is 9.98 Å². The predicted molar refractivity (Wildman–Crippen MR) is 76.9 cm³/mol. The van der Waals surface area contributed by atoms with Gasteiger partial charge in [0.15, 0.2) is 0 Å². The molecule has 0 amide bonds. The van der Waals surface area contributed by atoms with Gasteiger partial charge in [-0.1, -0.05) is 0 Å². The van der Waals surface area contributed by atoms with E-state index in [0.717, 1.165) is 24.2 Å². The third-order valence-electron chi connectivity index (χ3n) is 3.75. The molecule has 2 aliphatic heterocycles. The molecule has 0 radical (unpaired) electrons. The van der Waals surface area contributed by atoms with Gasteiger partial charge in [0.1, 0.15) is 0 Å². The Balaban J connectivity index is 1.97. The second-order valence-corrected chi connectivity index (χ2v) is 5.36. The predicted octanol–water partition coefficient (Wildman–Crippen LogP) is 4.14. The van der Waals surface area contributed by atoms with E-state index in [-0.39, 0.29) is 0 Å². The highest BCUT2D eigenvalue weighted by atomic mass is 14.8. The number of hydrogen-bond acceptors (Lipinski definition) is 2. The summed E-state index contributed by atoms with van der Waals surface area (Å²) in [4.78, 5) is 9.20. The van der Waals surface area contributed by atoms with Crippen LogP contribution < -0.4 is 0 Å². The first-order valence-electron chi connectivity index (χ1n) is 6.37. The van der Waals surface area contributed by atoms with Gasteiger partial charge in [-0.15, -0.1) is 0 Å². The van der Waals surface area contributed by atoms with Gasteiger partial charge in [-0.3, -0.25) is 9.98 Å². The third-order valence-corrected chi connectivity index (χ3v) is 3.75. The lowest BCUT2D eigenvalue weighted by Gasteiger charge is -2.05. The monoisotopic (exact) mass is 234 g/mol. The molecule has 2 aliphatic rings. The first-order chi connectivity index (χ1) is 8.69. The van der Waals surface area contributed by atoms with E-state index in [4.69, 9.17) is 0 Å². The number of rotatable bonds is 0. The quantitative estimate of drug-likeness (QED) is 0.654. The highest BCUT2D eigenvalue weighted by molar-refractivity contribution is 6.00. The number of hydrogen-bond donors (Lipinski definition) is 0. The summed E-state index contributed by atoms with van der Waals surface area (Å²) in [6.45, 7) is 4.19. The summed E-state index contributed by atoms with van der Waals surface area (Å²) >= 11 is 0. The molecular formula is C16H14N2. The van der Waals surface area contributed by atoms with E-state index < -0.39 is 0 Å². The summed E-state index contributed by atoms with van der Waals surface area (Å²) in [6.07, 6.45) is 1.98. The van der Waals surface area contributed by atoms with Crippen molar-refractivity contribution in [3.63, 3.8) is 0 Å². The molecule has 0 spiro atoms. The normalized spacial score (nSPS) is 16.6. The molecule has 2 heterocycles. The van der Waals surface area contributed by atoms with E-state index in [2.05, 4.69) is 48.1 Å². The van der Waals surface area contributed by atoms with Crippen LogP contribution in [0.3, 0.4) is 0 Å². The molecule has 0 unspecified atom stereocenters. The first-order valence-corrected chi connectivity index (χ1v) is 6.37. The zero-order chi connectivity index (χ0) is 12.3. The Morgan fingerprint density at radius 3 is 1.61 bits per heavy atom. The van der Waals surface area contributed by atoms with Crippen molar-refractivity contribution in [2.75, 3.05) is 0 Å². The third kappa shape index (κ3) is 1.35. The zero-order valence-electron chi connectivity index (χ0n) is 10.6. The van der Waals surface area contributed by atoms with E-state index >= 15 is 0 Å². The average Bonchev–Trinajstić information content (AvgIpc) is 2.82. The van der Waals surface area contributed by atoms with Gasteiger partial charge in [0.05, 0.1) is 11.4 Å². The maximum absolute atomic E-state index is 4.60. The molecule has 0 saturated heterocycles. The highest BCUT2D eigenvalue weighted by Gasteiger charge is 2.16. The first kappa shape index (κ1) is 10.0. The van der Waals surface area contributed by atoms with Gasteiger partial charge >= 0.3 is 0 Å². The van der Waals surface area contributed by atoms with E-state index in [1.807, 2.05) is 0 Å². The lowest BCUT2D eigenvalue weighted by molar-refractivity contribution is 1.38. The van der Waals surface area contributed by atoms with Crippen LogP contribution in [0.2, 0.25) is 0 Å². The molecular weight excluding hydrogens is 220 g/mol. The molecule has 2 nitrogen and oxygen atoms in total. The van der Waals surface area contributed by atoms with Crippen LogP contribution in [0.4, 0.5) is 11.4 Å². The highest BCUT2D eigenvalue weighted by Crippen LogP contribution is 2.36. The molecule has 2 aromatic rings. The fraction of sp³-hybridized carbons (Fsp3) is 0.250. The number of benzene rings is 2. The van der Waals surface area contributed by atoms with Crippen molar-refractivity contribution < 1.29 is 0 Å². The van der Waals surface area contributed by atoms with Gasteiger partial charge < -0.3 is 0 Å². The Morgan fingerprint density at radius 1 is 0.722 bits per heavy atom. The molecule has 0 aromatic heterocycles. The van der Waals surface area contributed by atoms with Crippen LogP contribution >= 0.6 is 0 Å². The smallest absolute Gasteiger partial charge is 0.0671 e. The molecule has 2 heteroatoms. The molecule has 0 N–H and O–H groups in total. The molecule has 0 bridgehead atoms. The van der Waals surface area contributed by atoms with Gasteiger partial charge in [0, 0.05) is 24.3 Å². The van der Waals surface area contributed by atoms with Crippen molar-refractivity contribution in [2.45, 2.75) is 26.7 Å². The summed E-state index contributed by atoms with van der Waals surface area (Å²) in [5, 5.41) is 2.58. The summed E-state index contributed by atoms with van der Waals surface area (Å²) in [7, 11) is 0. The standard InChI is InChI=1S/C16H14N2/c1-9-3-13-5-11-8-16-14(4-10(2)18-16)6-12(11)7-15(13)17-9/h5-8H,3-4H2,1-2H3. The van der Waals surface area contributed by atoms with Crippen molar-refractivity contribution in [1.82, 2.24) is 0 Å². The average molecular weight is 234 g/mol. The molecule has 0 fully saturated rings. The van der Waals surface area contributed by atoms with Crippen LogP contribution in [0, 0.1) is 0 Å². The second-order valence-electron chi connectivity index (χ2n) is 5.36. The molecule has 0 saturated carbocycles. The summed E-state index contributed by atoms with van der Waals surface area (Å²) < 4.78 is 0. The lowest BCUT2D eigenvalue weighted by atomic mass is 10.00. The summed E-state index contributed by atoms with van der Waals surface area (Å²) in [5.74, 6) is 0. The summed E-state index contributed by atoms with van der Waals surface area (Å²) in [5.41, 5.74) is 7.41. The van der Waals surface area contributed by atoms with E-state index in [1.165, 1.54) is 33.3 Å². The Labute approximate surface area is 106 Å². The summed E-state index contributed by atoms with van der Waals surface area (Å²) in [6, 6.07) is 8.98. The van der Waals surface area contributed by atoms with E-state index in [0.29, 0.717) is 0 Å². The lowest BCUT2D eigenvalue weighted by Crippen LogP contribution is -1.90. The van der Waals surface area contributed by atoms with Crippen LogP contribution in [0.15, 0.2) is 34.3 Å². The molecule has 88 valence electrons. The van der Waals surface area contributed by atoms with Crippen LogP contribution in [0.25, 0.3) is 10.8 Å². The largest absolute Gasteiger partial charge is 0.257 e. The Morgan fingerprint density at radius 2 is 1.17 bits per heavy atom. The number of fused-ring (bicyclic) bond motifs is 3. The topological polar surface area (TPSA) is 24.7 Å². The molecule has 4 rings (SSSR count). The molecule has 0 aliphatic carbocycles. The van der Waals surface area contributed by atoms with Gasteiger partial charge in [-0.05, 0) is 60.0 Å². The Kier molecular flexibility index (Phi) is 1.83. The van der Waals surface area contributed by atoms with Crippen LogP contribution in [-0.4, -0.2) is 11.4 Å². The fourth-order valence-electron chi connectivity index (χ4n) is 2.95. The SMILES string of the molecule is CC1=Nc2cc3cc4c(cc3cc2C1)N=C(C)C4. The Hall–Kier alpha value is -1.96. The number of aliphatic imine (C=N–C) groups is 2. The minimum absolute atomic E-state index is 0.991. The van der Waals surface area contributed by atoms with Crippen LogP contribution in [0.5, 0.6) is 0 Å². The van der Waals surface area contributed by atoms with E-state index in [1.54, 1.807) is 0 Å². The van der Waals surface area contributed by atoms with Gasteiger partial charge in [-0.2, -0.15) is 0 Å². The van der Waals surface area contributed by atoms with Gasteiger partial charge in [-0.25, -0.2) is 0 Å². The van der Waals surface area contributed by atoms with Gasteiger partial charge in [0.25, 0.3) is 0 Å². The van der Waals surface area contributed by atoms with Crippen LogP contribution in [-0.2, 0) is 12.8 Å². The molecule has 2 aromatic carbocycles. The number of nitrogens with zero attached hydrogens (tertiary/aromatic N) is 2. The zero-order valence-corrected chi connectivity index (χ0v) is 10.6. The fourth-order valence-corrected chi connectivity index (χ4v) is 2.95. The van der Waals surface area contributed by atoms with Crippen LogP contribution in [0.1, 0.15) is 25.0 Å². The maximum Gasteiger partial charge on any atom is 0.0671 e. The van der Waals surface area contributed by atoms with E-state index in [9.17, 15) is 0 Å². The maximum atomic E-state index is 4.60. The second kappa shape index (κ2) is 3.29. The van der Waals surface area contributed by atoms with Gasteiger partial charge in [0.2, 0.25) is 0 Å². The van der Waals surface area contributed by atoms with Crippen molar-refractivity contribution in [1.29, 1.82) is 0 Å². The van der Waals surface area contributed by atoms with Crippen molar-refractivity contribution in [3.8, 4) is 0 Å². The molecule has 0 atom stereocenters. The Bertz CT molecular complexity index is 686. The molecule has 18 heavy (non-hydrogen) atoms. The van der Waals surface area contributed by atoms with Crippen molar-refractivity contribution >= 4 is 33.6 Å². The minimum atomic E-state index is 0.991. The van der Waals surface area contributed by atoms with Crippen molar-refractivity contribution in [3.05, 3.63) is 35.4 Å². The minimum Gasteiger partial charge on any atom is -0.257 e.